The van der Waals surface area contributed by atoms with E-state index in [0.29, 0.717) is 18.6 Å². The zero-order valence-corrected chi connectivity index (χ0v) is 8.70. The minimum absolute atomic E-state index is 0.304. The number of nitrogens with zero attached hydrogens (tertiary/aromatic N) is 1. The minimum atomic E-state index is 0.304. The Bertz CT molecular complexity index is 138. The SMILES string of the molecule is OC[C@H]1CCCC[C@@H]1N=CI. The van der Waals surface area contributed by atoms with E-state index in [1.54, 1.807) is 0 Å². The van der Waals surface area contributed by atoms with Crippen molar-refractivity contribution >= 4 is 26.8 Å². The summed E-state index contributed by atoms with van der Waals surface area (Å²) in [6.07, 6.45) is 4.84. The molecule has 1 aliphatic carbocycles. The van der Waals surface area contributed by atoms with Crippen LogP contribution in [-0.4, -0.2) is 22.0 Å². The van der Waals surface area contributed by atoms with Crippen molar-refractivity contribution in [1.29, 1.82) is 0 Å². The lowest BCUT2D eigenvalue weighted by Crippen LogP contribution is -2.25. The second-order valence-electron chi connectivity index (χ2n) is 3.04. The first-order valence-electron chi connectivity index (χ1n) is 4.11. The number of halogens is 1. The van der Waals surface area contributed by atoms with Gasteiger partial charge in [-0.2, -0.15) is 0 Å². The van der Waals surface area contributed by atoms with Crippen LogP contribution in [0.15, 0.2) is 4.99 Å². The molecule has 2 nitrogen and oxygen atoms in total. The fraction of sp³-hybridized carbons (Fsp3) is 0.875. The Kier molecular flexibility index (Phi) is 4.37. The average molecular weight is 267 g/mol. The Morgan fingerprint density at radius 2 is 2.18 bits per heavy atom. The van der Waals surface area contributed by atoms with E-state index in [4.69, 9.17) is 5.11 Å². The molecule has 0 spiro atoms. The van der Waals surface area contributed by atoms with Gasteiger partial charge in [0.05, 0.1) is 10.3 Å². The van der Waals surface area contributed by atoms with E-state index >= 15 is 0 Å². The van der Waals surface area contributed by atoms with Crippen molar-refractivity contribution in [2.45, 2.75) is 31.7 Å². The van der Waals surface area contributed by atoms with Crippen molar-refractivity contribution in [1.82, 2.24) is 0 Å². The molecule has 0 heterocycles. The van der Waals surface area contributed by atoms with Crippen LogP contribution in [0.5, 0.6) is 0 Å². The third-order valence-corrected chi connectivity index (χ3v) is 2.67. The van der Waals surface area contributed by atoms with Gasteiger partial charge in [0, 0.05) is 12.5 Å². The lowest BCUT2D eigenvalue weighted by molar-refractivity contribution is 0.172. The highest BCUT2D eigenvalue weighted by molar-refractivity contribution is 14.1. The molecule has 0 unspecified atom stereocenters. The summed E-state index contributed by atoms with van der Waals surface area (Å²) in [6, 6.07) is 0.394. The van der Waals surface area contributed by atoms with Gasteiger partial charge in [0.2, 0.25) is 0 Å². The first-order chi connectivity index (χ1) is 5.38. The van der Waals surface area contributed by atoms with E-state index in [2.05, 4.69) is 27.6 Å². The minimum Gasteiger partial charge on any atom is -0.396 e. The summed E-state index contributed by atoms with van der Waals surface area (Å²) in [7, 11) is 0. The predicted octanol–water partition coefficient (Wildman–Crippen LogP) is 2.00. The molecular formula is C8H14INO. The maximum atomic E-state index is 9.01. The van der Waals surface area contributed by atoms with Crippen LogP contribution >= 0.6 is 22.6 Å². The Morgan fingerprint density at radius 3 is 2.82 bits per heavy atom. The highest BCUT2D eigenvalue weighted by Gasteiger charge is 2.22. The van der Waals surface area contributed by atoms with Gasteiger partial charge < -0.3 is 5.11 Å². The summed E-state index contributed by atoms with van der Waals surface area (Å²) < 4.78 is 1.83. The van der Waals surface area contributed by atoms with Gasteiger partial charge in [-0.1, -0.05) is 12.8 Å². The number of aliphatic hydroxyl groups is 1. The molecule has 0 radical (unpaired) electrons. The van der Waals surface area contributed by atoms with E-state index in [0.717, 1.165) is 12.8 Å². The van der Waals surface area contributed by atoms with Gasteiger partial charge in [-0.05, 0) is 35.4 Å². The Hall–Kier alpha value is 0.360. The third kappa shape index (κ3) is 2.71. The largest absolute Gasteiger partial charge is 0.396 e. The van der Waals surface area contributed by atoms with Gasteiger partial charge in [0.1, 0.15) is 0 Å². The van der Waals surface area contributed by atoms with E-state index in [1.807, 2.05) is 4.22 Å². The van der Waals surface area contributed by atoms with Crippen LogP contribution in [0, 0.1) is 5.92 Å². The number of hydrogen-bond donors (Lipinski definition) is 1. The number of aliphatic hydroxyl groups excluding tert-OH is 1. The van der Waals surface area contributed by atoms with Crippen molar-refractivity contribution in [3.05, 3.63) is 0 Å². The van der Waals surface area contributed by atoms with Crippen molar-refractivity contribution in [3.8, 4) is 0 Å². The van der Waals surface area contributed by atoms with Gasteiger partial charge >= 0.3 is 0 Å². The molecule has 1 saturated carbocycles. The number of rotatable bonds is 2. The summed E-state index contributed by atoms with van der Waals surface area (Å²) >= 11 is 2.14. The normalized spacial score (nSPS) is 32.9. The lowest BCUT2D eigenvalue weighted by atomic mass is 9.85. The van der Waals surface area contributed by atoms with Crippen molar-refractivity contribution in [2.75, 3.05) is 6.61 Å². The molecule has 0 amide bonds. The van der Waals surface area contributed by atoms with Crippen LogP contribution in [0.4, 0.5) is 0 Å². The standard InChI is InChI=1S/C8H14INO/c9-6-10-8-4-2-1-3-7(8)5-11/h6-8,11H,1-5H2/t7-,8+/m1/s1. The maximum Gasteiger partial charge on any atom is 0.0599 e. The molecule has 1 N–H and O–H groups in total. The monoisotopic (exact) mass is 267 g/mol. The molecule has 11 heavy (non-hydrogen) atoms. The topological polar surface area (TPSA) is 32.6 Å². The average Bonchev–Trinajstić information content (AvgIpc) is 2.06. The molecule has 0 saturated heterocycles. The van der Waals surface area contributed by atoms with Gasteiger partial charge in [-0.25, -0.2) is 0 Å². The quantitative estimate of drug-likeness (QED) is 0.602. The van der Waals surface area contributed by atoms with Gasteiger partial charge in [-0.3, -0.25) is 4.99 Å². The Labute approximate surface area is 81.2 Å². The maximum absolute atomic E-state index is 9.01. The molecule has 1 aliphatic rings. The summed E-state index contributed by atoms with van der Waals surface area (Å²) in [4.78, 5) is 4.34. The van der Waals surface area contributed by atoms with Crippen molar-refractivity contribution in [3.63, 3.8) is 0 Å². The third-order valence-electron chi connectivity index (χ3n) is 2.35. The summed E-state index contributed by atoms with van der Waals surface area (Å²) in [5, 5.41) is 9.01. The fourth-order valence-corrected chi connectivity index (χ4v) is 2.08. The van der Waals surface area contributed by atoms with E-state index in [-0.39, 0.29) is 0 Å². The smallest absolute Gasteiger partial charge is 0.0599 e. The molecule has 3 heteroatoms. The molecular weight excluding hydrogens is 253 g/mol. The first-order valence-corrected chi connectivity index (χ1v) is 5.35. The highest BCUT2D eigenvalue weighted by atomic mass is 127. The molecule has 64 valence electrons. The summed E-state index contributed by atoms with van der Waals surface area (Å²) in [5.41, 5.74) is 0. The zero-order valence-electron chi connectivity index (χ0n) is 6.54. The van der Waals surface area contributed by atoms with Gasteiger partial charge in [0.25, 0.3) is 0 Å². The fourth-order valence-electron chi connectivity index (χ4n) is 1.67. The molecule has 0 aromatic carbocycles. The molecule has 1 rings (SSSR count). The second kappa shape index (κ2) is 5.09. The van der Waals surface area contributed by atoms with E-state index < -0.39 is 0 Å². The van der Waals surface area contributed by atoms with Crippen LogP contribution < -0.4 is 0 Å². The molecule has 2 atom stereocenters. The van der Waals surface area contributed by atoms with Crippen LogP contribution in [0.3, 0.4) is 0 Å². The van der Waals surface area contributed by atoms with Crippen LogP contribution in [-0.2, 0) is 0 Å². The lowest BCUT2D eigenvalue weighted by Gasteiger charge is -2.26. The summed E-state index contributed by atoms with van der Waals surface area (Å²) in [6.45, 7) is 0.304. The van der Waals surface area contributed by atoms with Gasteiger partial charge in [0.15, 0.2) is 0 Å². The number of aliphatic imine (C=N–C) groups is 1. The zero-order chi connectivity index (χ0) is 8.10. The van der Waals surface area contributed by atoms with Crippen molar-refractivity contribution in [2.24, 2.45) is 10.9 Å². The van der Waals surface area contributed by atoms with Gasteiger partial charge in [-0.15, -0.1) is 0 Å². The molecule has 0 aromatic heterocycles. The Balaban J connectivity index is 2.44. The second-order valence-corrected chi connectivity index (χ2v) is 3.60. The molecule has 1 fully saturated rings. The predicted molar refractivity (Wildman–Crippen MR) is 55.3 cm³/mol. The van der Waals surface area contributed by atoms with E-state index in [9.17, 15) is 0 Å². The Morgan fingerprint density at radius 1 is 1.45 bits per heavy atom. The first kappa shape index (κ1) is 9.45. The molecule has 0 aliphatic heterocycles. The van der Waals surface area contributed by atoms with Crippen LogP contribution in [0.1, 0.15) is 25.7 Å². The van der Waals surface area contributed by atoms with E-state index in [1.165, 1.54) is 12.8 Å². The summed E-state index contributed by atoms with van der Waals surface area (Å²) in [5.74, 6) is 0.426. The highest BCUT2D eigenvalue weighted by Crippen LogP contribution is 2.26. The molecule has 0 aromatic rings. The van der Waals surface area contributed by atoms with Crippen LogP contribution in [0.2, 0.25) is 0 Å². The van der Waals surface area contributed by atoms with Crippen molar-refractivity contribution < 1.29 is 5.11 Å². The van der Waals surface area contributed by atoms with Crippen LogP contribution in [0.25, 0.3) is 0 Å². The number of hydrogen-bond acceptors (Lipinski definition) is 2. The molecule has 0 bridgehead atoms.